The molecule has 1 fully saturated rings. The van der Waals surface area contributed by atoms with Crippen LogP contribution in [0.5, 0.6) is 0 Å². The van der Waals surface area contributed by atoms with Crippen LogP contribution in [0.15, 0.2) is 9.52 Å². The van der Waals surface area contributed by atoms with Crippen molar-refractivity contribution in [3.8, 4) is 0 Å². The molecule has 0 aromatic carbocycles. The molecule has 1 aliphatic carbocycles. The van der Waals surface area contributed by atoms with Crippen molar-refractivity contribution in [3.05, 3.63) is 28.7 Å². The number of nitrogens with zero attached hydrogens (tertiary/aromatic N) is 5. The number of hydrogen-bond donors (Lipinski definition) is 2. The average Bonchev–Trinajstić information content (AvgIpc) is 3.22. The summed E-state index contributed by atoms with van der Waals surface area (Å²) in [5.41, 5.74) is 1.93. The molecule has 2 aromatic rings. The third-order valence-electron chi connectivity index (χ3n) is 4.09. The standard InChI is InChI=1S/C15H23N7O/c1-9-13(10(2)23-21-9)7-16-15(18-12-5-6-12)17-8-14-20-19-11(3)22(14)4/h12H,5-8H2,1-4H3,(H2,16,17,18). The highest BCUT2D eigenvalue weighted by Gasteiger charge is 2.22. The molecular weight excluding hydrogens is 294 g/mol. The molecule has 0 aliphatic heterocycles. The smallest absolute Gasteiger partial charge is 0.192 e. The minimum atomic E-state index is 0.521. The fourth-order valence-corrected chi connectivity index (χ4v) is 2.23. The molecule has 2 aromatic heterocycles. The summed E-state index contributed by atoms with van der Waals surface area (Å²) in [6, 6.07) is 0.521. The zero-order valence-corrected chi connectivity index (χ0v) is 14.1. The van der Waals surface area contributed by atoms with E-state index in [4.69, 9.17) is 4.52 Å². The van der Waals surface area contributed by atoms with Crippen LogP contribution in [0.3, 0.4) is 0 Å². The number of nitrogens with one attached hydrogen (secondary N) is 2. The molecule has 8 heteroatoms. The molecule has 124 valence electrons. The molecule has 0 saturated heterocycles. The van der Waals surface area contributed by atoms with Crippen LogP contribution < -0.4 is 10.6 Å². The van der Waals surface area contributed by atoms with Crippen molar-refractivity contribution in [3.63, 3.8) is 0 Å². The monoisotopic (exact) mass is 317 g/mol. The lowest BCUT2D eigenvalue weighted by atomic mass is 10.2. The van der Waals surface area contributed by atoms with E-state index in [2.05, 4.69) is 31.0 Å². The van der Waals surface area contributed by atoms with Crippen LogP contribution in [-0.4, -0.2) is 31.9 Å². The fourth-order valence-electron chi connectivity index (χ4n) is 2.23. The second kappa shape index (κ2) is 6.39. The zero-order valence-electron chi connectivity index (χ0n) is 14.1. The SMILES string of the molecule is Cc1noc(C)c1CN=C(NCc1nnc(C)n1C)NC1CC1. The van der Waals surface area contributed by atoms with E-state index in [1.54, 1.807) is 0 Å². The lowest BCUT2D eigenvalue weighted by molar-refractivity contribution is 0.392. The normalized spacial score (nSPS) is 15.0. The van der Waals surface area contributed by atoms with E-state index in [1.807, 2.05) is 32.4 Å². The predicted octanol–water partition coefficient (Wildman–Crippen LogP) is 1.13. The van der Waals surface area contributed by atoms with Crippen LogP contribution in [-0.2, 0) is 20.1 Å². The topological polar surface area (TPSA) is 93.2 Å². The highest BCUT2D eigenvalue weighted by molar-refractivity contribution is 5.80. The Hall–Kier alpha value is -2.38. The third-order valence-corrected chi connectivity index (χ3v) is 4.09. The number of aromatic nitrogens is 4. The van der Waals surface area contributed by atoms with E-state index in [0.717, 1.165) is 34.6 Å². The summed E-state index contributed by atoms with van der Waals surface area (Å²) in [5, 5.41) is 18.9. The molecule has 2 heterocycles. The van der Waals surface area contributed by atoms with E-state index < -0.39 is 0 Å². The van der Waals surface area contributed by atoms with E-state index in [-0.39, 0.29) is 0 Å². The Balaban J connectivity index is 1.67. The van der Waals surface area contributed by atoms with Gasteiger partial charge in [-0.05, 0) is 33.6 Å². The summed E-state index contributed by atoms with van der Waals surface area (Å²) in [5.74, 6) is 3.38. The molecule has 2 N–H and O–H groups in total. The molecule has 0 amide bonds. The van der Waals surface area contributed by atoms with E-state index in [1.165, 1.54) is 12.8 Å². The summed E-state index contributed by atoms with van der Waals surface area (Å²) in [7, 11) is 1.96. The Kier molecular flexibility index (Phi) is 4.31. The Morgan fingerprint density at radius 3 is 2.65 bits per heavy atom. The van der Waals surface area contributed by atoms with Gasteiger partial charge in [0.15, 0.2) is 11.8 Å². The van der Waals surface area contributed by atoms with Gasteiger partial charge in [-0.2, -0.15) is 0 Å². The maximum Gasteiger partial charge on any atom is 0.192 e. The van der Waals surface area contributed by atoms with Crippen LogP contribution in [0, 0.1) is 20.8 Å². The largest absolute Gasteiger partial charge is 0.361 e. The van der Waals surface area contributed by atoms with E-state index >= 15 is 0 Å². The predicted molar refractivity (Wildman–Crippen MR) is 85.9 cm³/mol. The molecule has 3 rings (SSSR count). The van der Waals surface area contributed by atoms with Gasteiger partial charge in [0, 0.05) is 18.7 Å². The highest BCUT2D eigenvalue weighted by atomic mass is 16.5. The number of hydrogen-bond acceptors (Lipinski definition) is 5. The molecular formula is C15H23N7O. The first-order valence-electron chi connectivity index (χ1n) is 7.86. The number of aliphatic imine (C=N–C) groups is 1. The molecule has 1 aliphatic rings. The van der Waals surface area contributed by atoms with Crippen molar-refractivity contribution in [1.82, 2.24) is 30.6 Å². The van der Waals surface area contributed by atoms with Gasteiger partial charge in [0.1, 0.15) is 11.6 Å². The van der Waals surface area contributed by atoms with Crippen molar-refractivity contribution in [2.24, 2.45) is 12.0 Å². The van der Waals surface area contributed by atoms with E-state index in [9.17, 15) is 0 Å². The first kappa shape index (κ1) is 15.5. The van der Waals surface area contributed by atoms with Crippen molar-refractivity contribution >= 4 is 5.96 Å². The maximum absolute atomic E-state index is 5.19. The maximum atomic E-state index is 5.19. The van der Waals surface area contributed by atoms with Gasteiger partial charge in [-0.3, -0.25) is 0 Å². The van der Waals surface area contributed by atoms with Crippen molar-refractivity contribution < 1.29 is 4.52 Å². The molecule has 0 unspecified atom stereocenters. The molecule has 8 nitrogen and oxygen atoms in total. The van der Waals surface area contributed by atoms with Gasteiger partial charge < -0.3 is 19.7 Å². The van der Waals surface area contributed by atoms with Gasteiger partial charge in [-0.25, -0.2) is 4.99 Å². The quantitative estimate of drug-likeness (QED) is 0.634. The summed E-state index contributed by atoms with van der Waals surface area (Å²) >= 11 is 0. The highest BCUT2D eigenvalue weighted by Crippen LogP contribution is 2.19. The Morgan fingerprint density at radius 2 is 2.09 bits per heavy atom. The molecule has 0 bridgehead atoms. The van der Waals surface area contributed by atoms with E-state index in [0.29, 0.717) is 19.1 Å². The molecule has 0 radical (unpaired) electrons. The third kappa shape index (κ3) is 3.69. The van der Waals surface area contributed by atoms with Crippen molar-refractivity contribution in [2.75, 3.05) is 0 Å². The lowest BCUT2D eigenvalue weighted by Crippen LogP contribution is -2.38. The minimum absolute atomic E-state index is 0.521. The summed E-state index contributed by atoms with van der Waals surface area (Å²) in [6.07, 6.45) is 2.38. The number of guanidine groups is 1. The summed E-state index contributed by atoms with van der Waals surface area (Å²) in [4.78, 5) is 4.66. The second-order valence-corrected chi connectivity index (χ2v) is 5.96. The fraction of sp³-hybridized carbons (Fsp3) is 0.600. The van der Waals surface area contributed by atoms with Gasteiger partial charge in [0.2, 0.25) is 0 Å². The second-order valence-electron chi connectivity index (χ2n) is 5.96. The van der Waals surface area contributed by atoms with Crippen LogP contribution >= 0.6 is 0 Å². The lowest BCUT2D eigenvalue weighted by Gasteiger charge is -2.11. The Morgan fingerprint density at radius 1 is 1.30 bits per heavy atom. The zero-order chi connectivity index (χ0) is 16.4. The van der Waals surface area contributed by atoms with Gasteiger partial charge in [-0.15, -0.1) is 10.2 Å². The molecule has 23 heavy (non-hydrogen) atoms. The van der Waals surface area contributed by atoms with Crippen LogP contribution in [0.25, 0.3) is 0 Å². The minimum Gasteiger partial charge on any atom is -0.361 e. The first-order valence-corrected chi connectivity index (χ1v) is 7.86. The Labute approximate surface area is 135 Å². The Bertz CT molecular complexity index is 692. The van der Waals surface area contributed by atoms with Crippen molar-refractivity contribution in [2.45, 2.75) is 52.7 Å². The van der Waals surface area contributed by atoms with Gasteiger partial charge in [-0.1, -0.05) is 5.16 Å². The summed E-state index contributed by atoms with van der Waals surface area (Å²) in [6.45, 7) is 6.91. The number of rotatable bonds is 5. The van der Waals surface area contributed by atoms with Gasteiger partial charge in [0.05, 0.1) is 18.8 Å². The van der Waals surface area contributed by atoms with Crippen LogP contribution in [0.1, 0.15) is 41.5 Å². The van der Waals surface area contributed by atoms with Crippen LogP contribution in [0.2, 0.25) is 0 Å². The number of aryl methyl sites for hydroxylation is 3. The van der Waals surface area contributed by atoms with Crippen molar-refractivity contribution in [1.29, 1.82) is 0 Å². The summed E-state index contributed by atoms with van der Waals surface area (Å²) < 4.78 is 7.16. The van der Waals surface area contributed by atoms with Gasteiger partial charge >= 0.3 is 0 Å². The molecule has 0 atom stereocenters. The molecule has 1 saturated carbocycles. The van der Waals surface area contributed by atoms with Gasteiger partial charge in [0.25, 0.3) is 0 Å². The average molecular weight is 317 g/mol. The first-order chi connectivity index (χ1) is 11.0. The van der Waals surface area contributed by atoms with Crippen LogP contribution in [0.4, 0.5) is 0 Å². The molecule has 0 spiro atoms.